The Bertz CT molecular complexity index is 482. The number of carbonyl (C=O) groups excluding carboxylic acids is 1. The minimum absolute atomic E-state index is 0.0796. The molecule has 0 amide bonds. The maximum absolute atomic E-state index is 11.4. The number of hydrogen-bond acceptors (Lipinski definition) is 7. The van der Waals surface area contributed by atoms with Crippen LogP contribution >= 0.6 is 0 Å². The van der Waals surface area contributed by atoms with Crippen molar-refractivity contribution in [3.63, 3.8) is 0 Å². The van der Waals surface area contributed by atoms with Crippen molar-refractivity contribution in [2.24, 2.45) is 0 Å². The van der Waals surface area contributed by atoms with E-state index in [1.807, 2.05) is 0 Å². The van der Waals surface area contributed by atoms with Gasteiger partial charge < -0.3 is 20.1 Å². The zero-order valence-electron chi connectivity index (χ0n) is 10.8. The largest absolute Gasteiger partial charge is 0.481 e. The molecule has 0 radical (unpaired) electrons. The molecule has 10 nitrogen and oxygen atoms in total. The molecular weight excluding hydrogens is 312 g/mol. The highest BCUT2D eigenvalue weighted by atomic mass is 32.2. The van der Waals surface area contributed by atoms with Crippen molar-refractivity contribution in [2.45, 2.75) is 37.0 Å². The Morgan fingerprint density at radius 1 is 1.05 bits per heavy atom. The number of aliphatic carboxylic acids is 2. The van der Waals surface area contributed by atoms with Gasteiger partial charge in [0.15, 0.2) is 5.25 Å². The predicted octanol–water partition coefficient (Wildman–Crippen LogP) is -1.12. The highest BCUT2D eigenvalue weighted by Gasteiger charge is 2.34. The summed E-state index contributed by atoms with van der Waals surface area (Å²) in [6.07, 6.45) is -2.74. The maximum Gasteiger partial charge on any atom is 0.327 e. The number of esters is 1. The fraction of sp³-hybridized carbons (Fsp3) is 0.700. The quantitative estimate of drug-likeness (QED) is 0.283. The fourth-order valence-corrected chi connectivity index (χ4v) is 1.96. The van der Waals surface area contributed by atoms with E-state index in [0.29, 0.717) is 0 Å². The molecule has 122 valence electrons. The van der Waals surface area contributed by atoms with Gasteiger partial charge in [0.25, 0.3) is 10.1 Å². The summed E-state index contributed by atoms with van der Waals surface area (Å²) in [5, 5.41) is 23.9. The van der Waals surface area contributed by atoms with E-state index in [9.17, 15) is 27.9 Å². The van der Waals surface area contributed by atoms with E-state index in [0.717, 1.165) is 0 Å². The zero-order valence-corrected chi connectivity index (χ0v) is 11.7. The van der Waals surface area contributed by atoms with Crippen LogP contribution in [-0.4, -0.2) is 64.2 Å². The average Bonchev–Trinajstić information content (AvgIpc) is 2.31. The van der Waals surface area contributed by atoms with Crippen LogP contribution in [0.3, 0.4) is 0 Å². The van der Waals surface area contributed by atoms with Crippen LogP contribution in [0.2, 0.25) is 0 Å². The Morgan fingerprint density at radius 3 is 2.05 bits per heavy atom. The van der Waals surface area contributed by atoms with Gasteiger partial charge in [0, 0.05) is 12.8 Å². The Hall–Kier alpha value is -1.72. The van der Waals surface area contributed by atoms with E-state index in [1.54, 1.807) is 0 Å². The van der Waals surface area contributed by atoms with Crippen LogP contribution in [0, 0.1) is 0 Å². The first-order valence-corrected chi connectivity index (χ1v) is 7.29. The third kappa shape index (κ3) is 8.94. The molecule has 4 N–H and O–H groups in total. The lowest BCUT2D eigenvalue weighted by Gasteiger charge is -2.13. The third-order valence-electron chi connectivity index (χ3n) is 2.37. The number of hydrogen-bond donors (Lipinski definition) is 4. The SMILES string of the molecule is O=C(O)CCC(O)CCOC(=O)C(CC(=O)O)S(=O)(=O)O. The maximum atomic E-state index is 11.4. The first-order chi connectivity index (χ1) is 9.54. The van der Waals surface area contributed by atoms with E-state index in [4.69, 9.17) is 14.8 Å². The molecule has 0 spiro atoms. The standard InChI is InChI=1S/C10H16O10S/c11-6(1-2-8(12)13)3-4-20-10(16)7(5-9(14)15)21(17,18)19/h6-7,11H,1-5H2,(H,12,13)(H,14,15)(H,17,18,19). The smallest absolute Gasteiger partial charge is 0.327 e. The van der Waals surface area contributed by atoms with Gasteiger partial charge in [-0.2, -0.15) is 8.42 Å². The van der Waals surface area contributed by atoms with E-state index in [-0.39, 0.29) is 19.3 Å². The average molecular weight is 328 g/mol. The van der Waals surface area contributed by atoms with Gasteiger partial charge in [-0.05, 0) is 6.42 Å². The Kier molecular flexibility index (Phi) is 7.84. The molecule has 0 aromatic heterocycles. The number of aliphatic hydroxyl groups is 1. The lowest BCUT2D eigenvalue weighted by molar-refractivity contribution is -0.148. The summed E-state index contributed by atoms with van der Waals surface area (Å²) in [6, 6.07) is 0. The minimum atomic E-state index is -4.93. The second kappa shape index (κ2) is 8.54. The van der Waals surface area contributed by atoms with Gasteiger partial charge in [-0.1, -0.05) is 0 Å². The third-order valence-corrected chi connectivity index (χ3v) is 3.45. The van der Waals surface area contributed by atoms with Crippen LogP contribution in [-0.2, 0) is 29.2 Å². The first-order valence-electron chi connectivity index (χ1n) is 5.78. The van der Waals surface area contributed by atoms with Gasteiger partial charge in [-0.3, -0.25) is 18.9 Å². The summed E-state index contributed by atoms with van der Waals surface area (Å²) >= 11 is 0. The van der Waals surface area contributed by atoms with Crippen LogP contribution in [0.5, 0.6) is 0 Å². The summed E-state index contributed by atoms with van der Waals surface area (Å²) in [6.45, 7) is -0.439. The number of carbonyl (C=O) groups is 3. The molecule has 0 saturated carbocycles. The topological polar surface area (TPSA) is 176 Å². The highest BCUT2D eigenvalue weighted by Crippen LogP contribution is 2.09. The summed E-state index contributed by atoms with van der Waals surface area (Å²) < 4.78 is 34.9. The first kappa shape index (κ1) is 19.3. The number of ether oxygens (including phenoxy) is 1. The monoisotopic (exact) mass is 328 g/mol. The van der Waals surface area contributed by atoms with E-state index >= 15 is 0 Å². The minimum Gasteiger partial charge on any atom is -0.481 e. The van der Waals surface area contributed by atoms with Crippen LogP contribution in [0.1, 0.15) is 25.7 Å². The second-order valence-electron chi connectivity index (χ2n) is 4.14. The molecule has 0 aromatic rings. The van der Waals surface area contributed by atoms with E-state index in [1.165, 1.54) is 0 Å². The molecule has 0 saturated heterocycles. The molecule has 0 aliphatic rings. The molecule has 0 aliphatic heterocycles. The van der Waals surface area contributed by atoms with Crippen LogP contribution in [0.25, 0.3) is 0 Å². The number of carboxylic acids is 2. The molecule has 0 fully saturated rings. The lowest BCUT2D eigenvalue weighted by Crippen LogP contribution is -2.34. The number of rotatable bonds is 10. The molecule has 0 aliphatic carbocycles. The molecule has 2 atom stereocenters. The Morgan fingerprint density at radius 2 is 1.62 bits per heavy atom. The van der Waals surface area contributed by atoms with Crippen LogP contribution in [0.15, 0.2) is 0 Å². The molecule has 0 bridgehead atoms. The van der Waals surface area contributed by atoms with Crippen molar-refractivity contribution in [2.75, 3.05) is 6.61 Å². The van der Waals surface area contributed by atoms with Crippen molar-refractivity contribution < 1.29 is 47.4 Å². The Labute approximate surface area is 120 Å². The summed E-state index contributed by atoms with van der Waals surface area (Å²) in [4.78, 5) is 32.0. The molecule has 0 aromatic carbocycles. The Balaban J connectivity index is 4.33. The number of carboxylic acid groups (broad SMARTS) is 2. The summed E-state index contributed by atoms with van der Waals surface area (Å²) in [7, 11) is -4.93. The van der Waals surface area contributed by atoms with Crippen molar-refractivity contribution >= 4 is 28.0 Å². The molecule has 0 heterocycles. The van der Waals surface area contributed by atoms with Crippen molar-refractivity contribution in [3.8, 4) is 0 Å². The van der Waals surface area contributed by atoms with Gasteiger partial charge in [0.2, 0.25) is 0 Å². The van der Waals surface area contributed by atoms with Gasteiger partial charge in [-0.25, -0.2) is 0 Å². The van der Waals surface area contributed by atoms with Gasteiger partial charge in [-0.15, -0.1) is 0 Å². The lowest BCUT2D eigenvalue weighted by atomic mass is 10.1. The van der Waals surface area contributed by atoms with E-state index < -0.39 is 52.4 Å². The second-order valence-corrected chi connectivity index (χ2v) is 5.74. The molecule has 11 heteroatoms. The number of aliphatic hydroxyl groups excluding tert-OH is 1. The summed E-state index contributed by atoms with van der Waals surface area (Å²) in [5.74, 6) is -4.18. The van der Waals surface area contributed by atoms with Crippen LogP contribution in [0.4, 0.5) is 0 Å². The molecule has 0 rings (SSSR count). The van der Waals surface area contributed by atoms with E-state index in [2.05, 4.69) is 4.74 Å². The zero-order chi connectivity index (χ0) is 16.6. The highest BCUT2D eigenvalue weighted by molar-refractivity contribution is 7.87. The van der Waals surface area contributed by atoms with Gasteiger partial charge in [0.05, 0.1) is 19.1 Å². The van der Waals surface area contributed by atoms with Crippen LogP contribution < -0.4 is 0 Å². The van der Waals surface area contributed by atoms with Gasteiger partial charge in [0.1, 0.15) is 0 Å². The molecule has 21 heavy (non-hydrogen) atoms. The van der Waals surface area contributed by atoms with Crippen molar-refractivity contribution in [3.05, 3.63) is 0 Å². The predicted molar refractivity (Wildman–Crippen MR) is 66.0 cm³/mol. The molecule has 2 unspecified atom stereocenters. The van der Waals surface area contributed by atoms with Crippen molar-refractivity contribution in [1.29, 1.82) is 0 Å². The fourth-order valence-electron chi connectivity index (χ4n) is 1.29. The molecular formula is C10H16O10S. The van der Waals surface area contributed by atoms with Gasteiger partial charge >= 0.3 is 17.9 Å². The normalized spacial score (nSPS) is 14.2. The van der Waals surface area contributed by atoms with Crippen molar-refractivity contribution in [1.82, 2.24) is 0 Å². The summed E-state index contributed by atoms with van der Waals surface area (Å²) in [5.41, 5.74) is 0.